The molecule has 2 aliphatic rings. The molecule has 1 atom stereocenters. The maximum atomic E-state index is 5.49. The molecule has 0 aromatic carbocycles. The van der Waals surface area contributed by atoms with E-state index >= 15 is 0 Å². The van der Waals surface area contributed by atoms with Gasteiger partial charge in [-0.15, -0.1) is 35.3 Å². The fourth-order valence-corrected chi connectivity index (χ4v) is 4.14. The van der Waals surface area contributed by atoms with Gasteiger partial charge in [0.2, 0.25) is 0 Å². The lowest BCUT2D eigenvalue weighted by molar-refractivity contribution is 0.139. The van der Waals surface area contributed by atoms with E-state index in [0.29, 0.717) is 0 Å². The molecule has 1 aromatic heterocycles. The van der Waals surface area contributed by atoms with Crippen LogP contribution in [-0.4, -0.2) is 68.7 Å². The highest BCUT2D eigenvalue weighted by Crippen LogP contribution is 2.16. The molecular weight excluding hydrogens is 435 g/mol. The molecule has 2 aliphatic heterocycles. The van der Waals surface area contributed by atoms with Crippen LogP contribution in [0, 0.1) is 12.8 Å². The van der Waals surface area contributed by atoms with Crippen molar-refractivity contribution in [1.29, 1.82) is 0 Å². The van der Waals surface area contributed by atoms with Crippen molar-refractivity contribution in [2.75, 3.05) is 53.0 Å². The third-order valence-corrected chi connectivity index (χ3v) is 5.64. The minimum Gasteiger partial charge on any atom is -0.381 e. The van der Waals surface area contributed by atoms with Crippen LogP contribution in [0.15, 0.2) is 17.1 Å². The Morgan fingerprint density at radius 2 is 2.12 bits per heavy atom. The van der Waals surface area contributed by atoms with E-state index in [1.54, 1.807) is 0 Å². The highest BCUT2D eigenvalue weighted by Gasteiger charge is 2.23. The molecule has 0 saturated carbocycles. The Kier molecular flexibility index (Phi) is 8.25. The molecule has 0 spiro atoms. The molecule has 0 radical (unpaired) electrons. The molecule has 1 aromatic rings. The monoisotopic (exact) mass is 464 g/mol. The van der Waals surface area contributed by atoms with Gasteiger partial charge in [0.05, 0.1) is 13.2 Å². The lowest BCUT2D eigenvalue weighted by atomic mass is 10.1. The van der Waals surface area contributed by atoms with Crippen LogP contribution < -0.4 is 5.32 Å². The summed E-state index contributed by atoms with van der Waals surface area (Å²) < 4.78 is 5.49. The van der Waals surface area contributed by atoms with Crippen LogP contribution in [0.2, 0.25) is 0 Å². The van der Waals surface area contributed by atoms with Crippen LogP contribution in [0.4, 0.5) is 0 Å². The van der Waals surface area contributed by atoms with Crippen molar-refractivity contribution in [2.45, 2.75) is 19.9 Å². The third kappa shape index (κ3) is 5.57. The number of aryl methyl sites for hydroxylation is 1. The second-order valence-electron chi connectivity index (χ2n) is 6.43. The Balaban J connectivity index is 0.00000208. The second kappa shape index (κ2) is 9.94. The number of nitrogens with one attached hydrogen (secondary N) is 1. The summed E-state index contributed by atoms with van der Waals surface area (Å²) in [5.74, 6) is 1.76. The minimum atomic E-state index is 0. The van der Waals surface area contributed by atoms with Crippen molar-refractivity contribution in [3.63, 3.8) is 0 Å². The van der Waals surface area contributed by atoms with Crippen molar-refractivity contribution in [3.8, 4) is 0 Å². The van der Waals surface area contributed by atoms with Crippen LogP contribution in [0.3, 0.4) is 0 Å². The summed E-state index contributed by atoms with van der Waals surface area (Å²) in [5.41, 5.74) is 0. The van der Waals surface area contributed by atoms with Crippen LogP contribution in [0.5, 0.6) is 0 Å². The van der Waals surface area contributed by atoms with Crippen molar-refractivity contribution < 1.29 is 4.74 Å². The van der Waals surface area contributed by atoms with E-state index in [4.69, 9.17) is 4.74 Å². The zero-order valence-electron chi connectivity index (χ0n) is 14.7. The second-order valence-corrected chi connectivity index (χ2v) is 7.80. The molecule has 3 heterocycles. The zero-order chi connectivity index (χ0) is 16.1. The first-order chi connectivity index (χ1) is 11.2. The van der Waals surface area contributed by atoms with Crippen molar-refractivity contribution in [2.24, 2.45) is 10.9 Å². The molecule has 2 saturated heterocycles. The number of halogens is 1. The van der Waals surface area contributed by atoms with Gasteiger partial charge in [-0.3, -0.25) is 9.89 Å². The number of rotatable bonds is 4. The number of thiophene rings is 1. The Labute approximate surface area is 166 Å². The lowest BCUT2D eigenvalue weighted by Crippen LogP contribution is -2.53. The average Bonchev–Trinajstić information content (AvgIpc) is 3.21. The number of ether oxygens (including phenoxy) is 1. The molecular formula is C17H29IN4OS. The van der Waals surface area contributed by atoms with E-state index in [1.807, 2.05) is 18.4 Å². The molecule has 0 amide bonds. The summed E-state index contributed by atoms with van der Waals surface area (Å²) >= 11 is 1.85. The van der Waals surface area contributed by atoms with Crippen molar-refractivity contribution in [1.82, 2.24) is 15.1 Å². The largest absolute Gasteiger partial charge is 0.381 e. The van der Waals surface area contributed by atoms with Gasteiger partial charge >= 0.3 is 0 Å². The standard InChI is InChI=1S/C17H28N4OS.HI/c1-14-3-4-16(23-14)11-19-17(18-2)21-8-6-20(7-9-21)12-15-5-10-22-13-15;/h3-4,15H,5-13H2,1-2H3,(H,18,19);1H. The van der Waals surface area contributed by atoms with Gasteiger partial charge in [0, 0.05) is 56.1 Å². The SMILES string of the molecule is CN=C(NCc1ccc(C)s1)N1CCN(CC2CCOC2)CC1.I. The molecule has 7 heteroatoms. The first kappa shape index (κ1) is 19.9. The van der Waals surface area contributed by atoms with Crippen LogP contribution >= 0.6 is 35.3 Å². The van der Waals surface area contributed by atoms with Gasteiger partial charge in [0.15, 0.2) is 5.96 Å². The van der Waals surface area contributed by atoms with E-state index in [0.717, 1.165) is 57.8 Å². The van der Waals surface area contributed by atoms with Gasteiger partial charge in [-0.1, -0.05) is 0 Å². The Hall–Kier alpha value is -0.380. The Bertz CT molecular complexity index is 522. The van der Waals surface area contributed by atoms with Crippen LogP contribution in [0.1, 0.15) is 16.2 Å². The van der Waals surface area contributed by atoms with Gasteiger partial charge in [-0.25, -0.2) is 0 Å². The summed E-state index contributed by atoms with van der Waals surface area (Å²) in [7, 11) is 1.88. The first-order valence-electron chi connectivity index (χ1n) is 8.55. The summed E-state index contributed by atoms with van der Waals surface area (Å²) in [5, 5.41) is 3.50. The minimum absolute atomic E-state index is 0. The number of piperazine rings is 1. The molecule has 136 valence electrons. The molecule has 5 nitrogen and oxygen atoms in total. The van der Waals surface area contributed by atoms with E-state index in [9.17, 15) is 0 Å². The van der Waals surface area contributed by atoms with E-state index in [2.05, 4.69) is 39.2 Å². The van der Waals surface area contributed by atoms with Gasteiger partial charge in [-0.05, 0) is 31.4 Å². The van der Waals surface area contributed by atoms with Crippen molar-refractivity contribution >= 4 is 41.3 Å². The van der Waals surface area contributed by atoms with Gasteiger partial charge in [-0.2, -0.15) is 0 Å². The molecule has 0 aliphatic carbocycles. The highest BCUT2D eigenvalue weighted by molar-refractivity contribution is 14.0. The van der Waals surface area contributed by atoms with E-state index in [1.165, 1.54) is 22.7 Å². The fourth-order valence-electron chi connectivity index (χ4n) is 3.31. The van der Waals surface area contributed by atoms with E-state index < -0.39 is 0 Å². The van der Waals surface area contributed by atoms with Crippen molar-refractivity contribution in [3.05, 3.63) is 21.9 Å². The molecule has 0 bridgehead atoms. The Morgan fingerprint density at radius 1 is 1.33 bits per heavy atom. The number of hydrogen-bond acceptors (Lipinski definition) is 4. The fraction of sp³-hybridized carbons (Fsp3) is 0.706. The topological polar surface area (TPSA) is 40.1 Å². The van der Waals surface area contributed by atoms with Crippen LogP contribution in [0.25, 0.3) is 0 Å². The first-order valence-corrected chi connectivity index (χ1v) is 9.37. The Morgan fingerprint density at radius 3 is 2.71 bits per heavy atom. The summed E-state index contributed by atoms with van der Waals surface area (Å²) in [6.45, 7) is 10.4. The number of hydrogen-bond donors (Lipinski definition) is 1. The highest BCUT2D eigenvalue weighted by atomic mass is 127. The summed E-state index contributed by atoms with van der Waals surface area (Å²) in [6.07, 6.45) is 1.23. The normalized spacial score (nSPS) is 22.5. The van der Waals surface area contributed by atoms with E-state index in [-0.39, 0.29) is 24.0 Å². The number of nitrogens with zero attached hydrogens (tertiary/aromatic N) is 3. The number of guanidine groups is 1. The zero-order valence-corrected chi connectivity index (χ0v) is 17.8. The van der Waals surface area contributed by atoms with Gasteiger partial charge in [0.1, 0.15) is 0 Å². The lowest BCUT2D eigenvalue weighted by Gasteiger charge is -2.37. The number of aliphatic imine (C=N–C) groups is 1. The molecule has 1 unspecified atom stereocenters. The smallest absolute Gasteiger partial charge is 0.194 e. The predicted molar refractivity (Wildman–Crippen MR) is 112 cm³/mol. The predicted octanol–water partition coefficient (Wildman–Crippen LogP) is 2.40. The van der Waals surface area contributed by atoms with Crippen LogP contribution in [-0.2, 0) is 11.3 Å². The molecule has 24 heavy (non-hydrogen) atoms. The quantitative estimate of drug-likeness (QED) is 0.422. The van der Waals surface area contributed by atoms with Gasteiger partial charge in [0.25, 0.3) is 0 Å². The maximum absolute atomic E-state index is 5.49. The molecule has 3 rings (SSSR count). The third-order valence-electron chi connectivity index (χ3n) is 4.64. The summed E-state index contributed by atoms with van der Waals surface area (Å²) in [4.78, 5) is 12.1. The average molecular weight is 464 g/mol. The molecule has 1 N–H and O–H groups in total. The summed E-state index contributed by atoms with van der Waals surface area (Å²) in [6, 6.07) is 4.37. The maximum Gasteiger partial charge on any atom is 0.194 e. The van der Waals surface area contributed by atoms with Gasteiger partial charge < -0.3 is 15.0 Å². The molecule has 2 fully saturated rings.